The fourth-order valence-electron chi connectivity index (χ4n) is 2.46. The molecule has 92 valence electrons. The summed E-state index contributed by atoms with van der Waals surface area (Å²) in [6, 6.07) is 2.65. The van der Waals surface area contributed by atoms with Gasteiger partial charge >= 0.3 is 5.97 Å². The van der Waals surface area contributed by atoms with Crippen LogP contribution in [-0.4, -0.2) is 26.9 Å². The second-order valence-corrected chi connectivity index (χ2v) is 4.97. The molecule has 2 N–H and O–H groups in total. The highest BCUT2D eigenvalue weighted by atomic mass is 16.4. The Morgan fingerprint density at radius 1 is 1.41 bits per heavy atom. The summed E-state index contributed by atoms with van der Waals surface area (Å²) in [5.74, 6) is -0.934. The van der Waals surface area contributed by atoms with E-state index in [1.54, 1.807) is 6.07 Å². The van der Waals surface area contributed by atoms with E-state index < -0.39 is 5.97 Å². The van der Waals surface area contributed by atoms with Crippen LogP contribution in [0.4, 0.5) is 0 Å². The molecule has 5 heteroatoms. The van der Waals surface area contributed by atoms with Crippen LogP contribution in [0.1, 0.15) is 54.3 Å². The van der Waals surface area contributed by atoms with E-state index in [1.165, 1.54) is 19.3 Å². The molecular formula is C12H17N3O2. The third-order valence-electron chi connectivity index (χ3n) is 3.51. The van der Waals surface area contributed by atoms with Crippen LogP contribution in [0.15, 0.2) is 6.07 Å². The first-order chi connectivity index (χ1) is 8.24. The van der Waals surface area contributed by atoms with Gasteiger partial charge in [-0.1, -0.05) is 0 Å². The van der Waals surface area contributed by atoms with E-state index in [0.717, 1.165) is 25.1 Å². The first-order valence-electron chi connectivity index (χ1n) is 6.31. The average Bonchev–Trinajstić information content (AvgIpc) is 3.04. The summed E-state index contributed by atoms with van der Waals surface area (Å²) in [6.07, 6.45) is 5.83. The SMILES string of the molecule is O=C(O)c1cc2n(n1)CCCCC2NC1CC1. The molecule has 0 amide bonds. The van der Waals surface area contributed by atoms with Crippen molar-refractivity contribution in [3.05, 3.63) is 17.5 Å². The Kier molecular flexibility index (Phi) is 2.63. The number of fused-ring (bicyclic) bond motifs is 1. The van der Waals surface area contributed by atoms with Crippen LogP contribution in [0.3, 0.4) is 0 Å². The Bertz CT molecular complexity index is 437. The van der Waals surface area contributed by atoms with Gasteiger partial charge in [0, 0.05) is 18.6 Å². The molecular weight excluding hydrogens is 218 g/mol. The molecule has 1 aromatic rings. The summed E-state index contributed by atoms with van der Waals surface area (Å²) in [4.78, 5) is 10.9. The van der Waals surface area contributed by atoms with Crippen molar-refractivity contribution < 1.29 is 9.90 Å². The minimum absolute atomic E-state index is 0.171. The molecule has 0 saturated heterocycles. The first-order valence-corrected chi connectivity index (χ1v) is 6.31. The molecule has 2 heterocycles. The molecule has 17 heavy (non-hydrogen) atoms. The summed E-state index contributed by atoms with van der Waals surface area (Å²) < 4.78 is 1.87. The van der Waals surface area contributed by atoms with E-state index in [0.29, 0.717) is 6.04 Å². The zero-order chi connectivity index (χ0) is 11.8. The maximum atomic E-state index is 10.9. The summed E-state index contributed by atoms with van der Waals surface area (Å²) in [5.41, 5.74) is 1.22. The van der Waals surface area contributed by atoms with Crippen LogP contribution in [0.5, 0.6) is 0 Å². The lowest BCUT2D eigenvalue weighted by atomic mass is 10.1. The third kappa shape index (κ3) is 2.20. The first kappa shape index (κ1) is 10.8. The van der Waals surface area contributed by atoms with E-state index in [4.69, 9.17) is 5.11 Å². The van der Waals surface area contributed by atoms with Crippen molar-refractivity contribution in [2.75, 3.05) is 0 Å². The highest BCUT2D eigenvalue weighted by molar-refractivity contribution is 5.85. The number of rotatable bonds is 3. The van der Waals surface area contributed by atoms with E-state index in [2.05, 4.69) is 10.4 Å². The van der Waals surface area contributed by atoms with Crippen molar-refractivity contribution in [1.29, 1.82) is 0 Å². The van der Waals surface area contributed by atoms with Gasteiger partial charge in [-0.3, -0.25) is 4.68 Å². The normalized spacial score (nSPS) is 24.1. The quantitative estimate of drug-likeness (QED) is 0.834. The van der Waals surface area contributed by atoms with Gasteiger partial charge in [-0.2, -0.15) is 5.10 Å². The summed E-state index contributed by atoms with van der Waals surface area (Å²) in [6.45, 7) is 0.839. The predicted octanol–water partition coefficient (Wildman–Crippen LogP) is 1.56. The van der Waals surface area contributed by atoms with Gasteiger partial charge in [0.05, 0.1) is 5.69 Å². The fraction of sp³-hybridized carbons (Fsp3) is 0.667. The third-order valence-corrected chi connectivity index (χ3v) is 3.51. The second kappa shape index (κ2) is 4.14. The lowest BCUT2D eigenvalue weighted by molar-refractivity contribution is 0.0689. The number of carboxylic acids is 1. The van der Waals surface area contributed by atoms with Gasteiger partial charge in [0.1, 0.15) is 0 Å². The molecule has 2 aliphatic rings. The number of carboxylic acid groups (broad SMARTS) is 1. The molecule has 1 saturated carbocycles. The van der Waals surface area contributed by atoms with E-state index >= 15 is 0 Å². The molecule has 1 aliphatic heterocycles. The number of aryl methyl sites for hydroxylation is 1. The molecule has 0 spiro atoms. The average molecular weight is 235 g/mol. The largest absolute Gasteiger partial charge is 0.476 e. The van der Waals surface area contributed by atoms with E-state index in [-0.39, 0.29) is 11.7 Å². The topological polar surface area (TPSA) is 67.1 Å². The van der Waals surface area contributed by atoms with Crippen LogP contribution < -0.4 is 5.32 Å². The molecule has 3 rings (SSSR count). The predicted molar refractivity (Wildman–Crippen MR) is 61.9 cm³/mol. The van der Waals surface area contributed by atoms with Crippen LogP contribution in [0, 0.1) is 0 Å². The maximum Gasteiger partial charge on any atom is 0.356 e. The highest BCUT2D eigenvalue weighted by Crippen LogP contribution is 2.29. The van der Waals surface area contributed by atoms with Gasteiger partial charge < -0.3 is 10.4 Å². The molecule has 5 nitrogen and oxygen atoms in total. The minimum atomic E-state index is -0.934. The Balaban J connectivity index is 1.89. The van der Waals surface area contributed by atoms with Gasteiger partial charge in [0.25, 0.3) is 0 Å². The van der Waals surface area contributed by atoms with Crippen LogP contribution in [-0.2, 0) is 6.54 Å². The zero-order valence-electron chi connectivity index (χ0n) is 9.72. The van der Waals surface area contributed by atoms with Gasteiger partial charge in [0.15, 0.2) is 5.69 Å². The molecule has 0 aromatic carbocycles. The fourth-order valence-corrected chi connectivity index (χ4v) is 2.46. The van der Waals surface area contributed by atoms with Gasteiger partial charge in [0.2, 0.25) is 0 Å². The van der Waals surface area contributed by atoms with Gasteiger partial charge in [-0.05, 0) is 38.2 Å². The Labute approximate surface area is 99.8 Å². The van der Waals surface area contributed by atoms with Crippen LogP contribution in [0.25, 0.3) is 0 Å². The Hall–Kier alpha value is -1.36. The number of hydrogen-bond donors (Lipinski definition) is 2. The molecule has 1 unspecified atom stereocenters. The smallest absolute Gasteiger partial charge is 0.356 e. The summed E-state index contributed by atoms with van der Waals surface area (Å²) in [7, 11) is 0. The molecule has 1 fully saturated rings. The van der Waals surface area contributed by atoms with Gasteiger partial charge in [-0.15, -0.1) is 0 Å². The number of nitrogens with one attached hydrogen (secondary N) is 1. The monoisotopic (exact) mass is 235 g/mol. The lowest BCUT2D eigenvalue weighted by Crippen LogP contribution is -2.24. The highest BCUT2D eigenvalue weighted by Gasteiger charge is 2.29. The minimum Gasteiger partial charge on any atom is -0.476 e. The van der Waals surface area contributed by atoms with Gasteiger partial charge in [-0.25, -0.2) is 4.79 Å². The summed E-state index contributed by atoms with van der Waals surface area (Å²) >= 11 is 0. The molecule has 1 atom stereocenters. The van der Waals surface area contributed by atoms with Crippen molar-refractivity contribution >= 4 is 5.97 Å². The Morgan fingerprint density at radius 2 is 2.24 bits per heavy atom. The van der Waals surface area contributed by atoms with E-state index in [1.807, 2.05) is 4.68 Å². The van der Waals surface area contributed by atoms with E-state index in [9.17, 15) is 4.79 Å². The zero-order valence-corrected chi connectivity index (χ0v) is 9.72. The number of aromatic nitrogens is 2. The van der Waals surface area contributed by atoms with Crippen LogP contribution in [0.2, 0.25) is 0 Å². The summed E-state index contributed by atoms with van der Waals surface area (Å²) in [5, 5.41) is 16.7. The Morgan fingerprint density at radius 3 is 2.94 bits per heavy atom. The number of aromatic carboxylic acids is 1. The van der Waals surface area contributed by atoms with Crippen molar-refractivity contribution in [2.45, 2.75) is 50.7 Å². The number of nitrogens with zero attached hydrogens (tertiary/aromatic N) is 2. The molecule has 0 bridgehead atoms. The molecule has 1 aromatic heterocycles. The van der Waals surface area contributed by atoms with Crippen molar-refractivity contribution in [2.24, 2.45) is 0 Å². The second-order valence-electron chi connectivity index (χ2n) is 4.97. The van der Waals surface area contributed by atoms with Crippen molar-refractivity contribution in [3.63, 3.8) is 0 Å². The number of hydrogen-bond acceptors (Lipinski definition) is 3. The standard InChI is InChI=1S/C12H17N3O2/c16-12(17)10-7-11-9(13-8-4-5-8)3-1-2-6-15(11)14-10/h7-9,13H,1-6H2,(H,16,17). The van der Waals surface area contributed by atoms with Crippen molar-refractivity contribution in [1.82, 2.24) is 15.1 Å². The van der Waals surface area contributed by atoms with Crippen LogP contribution >= 0.6 is 0 Å². The lowest BCUT2D eigenvalue weighted by Gasteiger charge is -2.16. The number of carbonyl (C=O) groups is 1. The molecule has 0 radical (unpaired) electrons. The molecule has 1 aliphatic carbocycles. The van der Waals surface area contributed by atoms with Crippen molar-refractivity contribution in [3.8, 4) is 0 Å². The maximum absolute atomic E-state index is 10.9.